The number of Topliss-reactive ketones (excluding diaryl/α,β-unsaturated/α-hetero) is 1. The molecule has 2 rings (SSSR count). The molecule has 5 heteroatoms. The number of rotatable bonds is 5. The first kappa shape index (κ1) is 15.6. The summed E-state index contributed by atoms with van der Waals surface area (Å²) in [4.78, 5) is 23.8. The van der Waals surface area contributed by atoms with Crippen molar-refractivity contribution >= 4 is 11.8 Å². The van der Waals surface area contributed by atoms with Crippen molar-refractivity contribution in [3.05, 3.63) is 53.6 Å². The van der Waals surface area contributed by atoms with Crippen molar-refractivity contribution in [2.45, 2.75) is 6.92 Å². The van der Waals surface area contributed by atoms with Crippen LogP contribution in [0, 0.1) is 0 Å². The van der Waals surface area contributed by atoms with Gasteiger partial charge in [0.05, 0.1) is 25.3 Å². The van der Waals surface area contributed by atoms with Crippen LogP contribution in [0.4, 0.5) is 0 Å². The summed E-state index contributed by atoms with van der Waals surface area (Å²) in [7, 11) is 2.99. The summed E-state index contributed by atoms with van der Waals surface area (Å²) in [5, 5.41) is 0. The van der Waals surface area contributed by atoms with Crippen LogP contribution in [-0.2, 0) is 0 Å². The quantitative estimate of drug-likeness (QED) is 0.482. The minimum Gasteiger partial charge on any atom is -0.497 e. The van der Waals surface area contributed by atoms with Crippen LogP contribution in [0.3, 0.4) is 0 Å². The topological polar surface area (TPSA) is 61.8 Å². The Morgan fingerprint density at radius 2 is 1.50 bits per heavy atom. The van der Waals surface area contributed by atoms with Crippen LogP contribution in [0.1, 0.15) is 27.6 Å². The Balaban J connectivity index is 2.32. The lowest BCUT2D eigenvalue weighted by atomic mass is 10.1. The third kappa shape index (κ3) is 3.44. The number of methoxy groups -OCH3 is 2. The second-order valence-electron chi connectivity index (χ2n) is 4.54. The van der Waals surface area contributed by atoms with Gasteiger partial charge in [-0.1, -0.05) is 12.1 Å². The van der Waals surface area contributed by atoms with E-state index >= 15 is 0 Å². The van der Waals surface area contributed by atoms with Gasteiger partial charge in [0.15, 0.2) is 5.78 Å². The minimum atomic E-state index is -0.592. The lowest BCUT2D eigenvalue weighted by Gasteiger charge is -2.10. The van der Waals surface area contributed by atoms with Crippen LogP contribution in [0.15, 0.2) is 42.5 Å². The maximum Gasteiger partial charge on any atom is 0.343 e. The summed E-state index contributed by atoms with van der Waals surface area (Å²) in [5.74, 6) is 0.414. The van der Waals surface area contributed by atoms with Gasteiger partial charge < -0.3 is 14.2 Å². The van der Waals surface area contributed by atoms with Gasteiger partial charge in [-0.25, -0.2) is 4.79 Å². The van der Waals surface area contributed by atoms with Crippen LogP contribution in [0.2, 0.25) is 0 Å². The molecular formula is C17H16O5. The van der Waals surface area contributed by atoms with Crippen molar-refractivity contribution in [3.63, 3.8) is 0 Å². The molecule has 0 saturated carbocycles. The largest absolute Gasteiger partial charge is 0.497 e. The number of carbonyl (C=O) groups excluding carboxylic acids is 2. The second-order valence-corrected chi connectivity index (χ2v) is 4.54. The number of carbonyl (C=O) groups is 2. The smallest absolute Gasteiger partial charge is 0.343 e. The van der Waals surface area contributed by atoms with Crippen LogP contribution in [-0.4, -0.2) is 26.0 Å². The highest BCUT2D eigenvalue weighted by Gasteiger charge is 2.15. The number of ether oxygens (including phenoxy) is 3. The molecule has 0 N–H and O–H groups in total. The molecule has 0 atom stereocenters. The number of hydrogen-bond acceptors (Lipinski definition) is 5. The van der Waals surface area contributed by atoms with Crippen molar-refractivity contribution in [1.29, 1.82) is 0 Å². The number of para-hydroxylation sites is 1. The van der Waals surface area contributed by atoms with Crippen LogP contribution in [0.5, 0.6) is 17.2 Å². The fourth-order valence-corrected chi connectivity index (χ4v) is 1.93. The number of esters is 1. The first-order chi connectivity index (χ1) is 10.5. The Bertz CT molecular complexity index is 684. The van der Waals surface area contributed by atoms with E-state index in [1.165, 1.54) is 21.1 Å². The van der Waals surface area contributed by atoms with Gasteiger partial charge in [0.2, 0.25) is 0 Å². The van der Waals surface area contributed by atoms with Gasteiger partial charge in [-0.15, -0.1) is 0 Å². The average molecular weight is 300 g/mol. The summed E-state index contributed by atoms with van der Waals surface area (Å²) in [6.07, 6.45) is 0. The van der Waals surface area contributed by atoms with E-state index in [0.717, 1.165) is 0 Å². The molecule has 2 aromatic carbocycles. The Morgan fingerprint density at radius 1 is 0.909 bits per heavy atom. The molecule has 2 aromatic rings. The zero-order valence-corrected chi connectivity index (χ0v) is 12.6. The lowest BCUT2D eigenvalue weighted by molar-refractivity contribution is 0.0732. The summed E-state index contributed by atoms with van der Waals surface area (Å²) >= 11 is 0. The van der Waals surface area contributed by atoms with Gasteiger partial charge in [-0.2, -0.15) is 0 Å². The molecule has 22 heavy (non-hydrogen) atoms. The van der Waals surface area contributed by atoms with E-state index in [1.54, 1.807) is 42.5 Å². The van der Waals surface area contributed by atoms with E-state index in [1.807, 2.05) is 0 Å². The zero-order valence-electron chi connectivity index (χ0n) is 12.6. The van der Waals surface area contributed by atoms with Crippen LogP contribution in [0.25, 0.3) is 0 Å². The Kier molecular flexibility index (Phi) is 4.78. The molecule has 0 aliphatic carbocycles. The molecule has 0 bridgehead atoms. The predicted octanol–water partition coefficient (Wildman–Crippen LogP) is 3.13. The third-order valence-electron chi connectivity index (χ3n) is 3.06. The fraction of sp³-hybridized carbons (Fsp3) is 0.176. The van der Waals surface area contributed by atoms with Gasteiger partial charge in [-0.3, -0.25) is 4.79 Å². The molecule has 0 fully saturated rings. The average Bonchev–Trinajstić information content (AvgIpc) is 2.54. The minimum absolute atomic E-state index is 0.174. The van der Waals surface area contributed by atoms with E-state index in [4.69, 9.17) is 14.2 Å². The van der Waals surface area contributed by atoms with Gasteiger partial charge >= 0.3 is 5.97 Å². The van der Waals surface area contributed by atoms with E-state index in [9.17, 15) is 9.59 Å². The molecular weight excluding hydrogens is 284 g/mol. The lowest BCUT2D eigenvalue weighted by Crippen LogP contribution is -2.11. The van der Waals surface area contributed by atoms with E-state index in [2.05, 4.69) is 0 Å². The maximum atomic E-state index is 12.3. The van der Waals surface area contributed by atoms with Gasteiger partial charge in [0.1, 0.15) is 17.2 Å². The summed E-state index contributed by atoms with van der Waals surface area (Å²) in [6, 6.07) is 11.3. The number of benzene rings is 2. The molecule has 0 radical (unpaired) electrons. The van der Waals surface area contributed by atoms with Crippen molar-refractivity contribution in [2.75, 3.05) is 14.2 Å². The van der Waals surface area contributed by atoms with Crippen molar-refractivity contribution in [3.8, 4) is 17.2 Å². The number of hydrogen-bond donors (Lipinski definition) is 0. The normalized spacial score (nSPS) is 9.95. The molecule has 0 saturated heterocycles. The first-order valence-corrected chi connectivity index (χ1v) is 6.60. The fourth-order valence-electron chi connectivity index (χ4n) is 1.93. The monoisotopic (exact) mass is 300 g/mol. The molecule has 0 unspecified atom stereocenters. The predicted molar refractivity (Wildman–Crippen MR) is 81.0 cm³/mol. The summed E-state index contributed by atoms with van der Waals surface area (Å²) < 4.78 is 15.6. The van der Waals surface area contributed by atoms with E-state index in [-0.39, 0.29) is 17.1 Å². The molecule has 0 heterocycles. The molecule has 0 aromatic heterocycles. The van der Waals surface area contributed by atoms with Gasteiger partial charge in [0.25, 0.3) is 0 Å². The van der Waals surface area contributed by atoms with Gasteiger partial charge in [0, 0.05) is 6.07 Å². The molecule has 0 aliphatic rings. The molecule has 0 amide bonds. The first-order valence-electron chi connectivity index (χ1n) is 6.60. The molecule has 114 valence electrons. The van der Waals surface area contributed by atoms with Crippen molar-refractivity contribution in [2.24, 2.45) is 0 Å². The Morgan fingerprint density at radius 3 is 2.05 bits per heavy atom. The Labute approximate surface area is 128 Å². The van der Waals surface area contributed by atoms with Crippen LogP contribution < -0.4 is 14.2 Å². The zero-order chi connectivity index (χ0) is 16.1. The molecule has 0 aliphatic heterocycles. The Hall–Kier alpha value is -2.82. The molecule has 0 spiro atoms. The van der Waals surface area contributed by atoms with E-state index in [0.29, 0.717) is 17.1 Å². The molecule has 5 nitrogen and oxygen atoms in total. The highest BCUT2D eigenvalue weighted by Crippen LogP contribution is 2.25. The maximum absolute atomic E-state index is 12.3. The highest BCUT2D eigenvalue weighted by atomic mass is 16.5. The van der Waals surface area contributed by atoms with Gasteiger partial charge in [-0.05, 0) is 31.2 Å². The second kappa shape index (κ2) is 6.76. The highest BCUT2D eigenvalue weighted by molar-refractivity contribution is 5.99. The van der Waals surface area contributed by atoms with Crippen molar-refractivity contribution < 1.29 is 23.8 Å². The third-order valence-corrected chi connectivity index (χ3v) is 3.06. The standard InChI is InChI=1S/C17H16O5/c1-11(18)15-6-4-5-7-16(15)22-17(19)12-8-13(20-2)10-14(9-12)21-3/h4-10H,1-3H3. The van der Waals surface area contributed by atoms with E-state index < -0.39 is 5.97 Å². The summed E-state index contributed by atoms with van der Waals surface area (Å²) in [5.41, 5.74) is 0.625. The summed E-state index contributed by atoms with van der Waals surface area (Å²) in [6.45, 7) is 1.42. The van der Waals surface area contributed by atoms with Crippen LogP contribution >= 0.6 is 0 Å². The SMILES string of the molecule is COc1cc(OC)cc(C(=O)Oc2ccccc2C(C)=O)c1. The number of ketones is 1. The van der Waals surface area contributed by atoms with Crippen molar-refractivity contribution in [1.82, 2.24) is 0 Å².